The van der Waals surface area contributed by atoms with Crippen molar-refractivity contribution in [3.05, 3.63) is 30.2 Å². The molecule has 1 aromatic carbocycles. The fraction of sp³-hybridized carbons (Fsp3) is 0.308. The van der Waals surface area contributed by atoms with Crippen molar-refractivity contribution < 1.29 is 18.7 Å². The Kier molecular flexibility index (Phi) is 3.24. The third kappa shape index (κ3) is 2.42. The average Bonchev–Trinajstić information content (AvgIpc) is 2.95. The van der Waals surface area contributed by atoms with Gasteiger partial charge in [-0.2, -0.15) is 0 Å². The number of carbonyl (C=O) groups is 1. The zero-order valence-corrected chi connectivity index (χ0v) is 10.8. The van der Waals surface area contributed by atoms with Crippen LogP contribution in [0.3, 0.4) is 0 Å². The molecule has 7 nitrogen and oxygen atoms in total. The number of anilines is 1. The first-order valence-corrected chi connectivity index (χ1v) is 6.28. The van der Waals surface area contributed by atoms with Gasteiger partial charge in [0.25, 0.3) is 5.89 Å². The van der Waals surface area contributed by atoms with Crippen LogP contribution in [-0.2, 0) is 4.79 Å². The molecule has 7 heteroatoms. The van der Waals surface area contributed by atoms with Gasteiger partial charge in [-0.05, 0) is 12.1 Å². The van der Waals surface area contributed by atoms with E-state index in [0.717, 1.165) is 0 Å². The van der Waals surface area contributed by atoms with Crippen molar-refractivity contribution in [1.82, 2.24) is 10.2 Å². The molecule has 0 spiro atoms. The molecule has 104 valence electrons. The van der Waals surface area contributed by atoms with Gasteiger partial charge in [0.1, 0.15) is 6.61 Å². The Morgan fingerprint density at radius 1 is 1.35 bits per heavy atom. The van der Waals surface area contributed by atoms with Crippen LogP contribution in [0.2, 0.25) is 0 Å². The van der Waals surface area contributed by atoms with Crippen molar-refractivity contribution in [2.75, 3.05) is 11.9 Å². The van der Waals surface area contributed by atoms with E-state index < -0.39 is 6.10 Å². The van der Waals surface area contributed by atoms with Crippen molar-refractivity contribution in [3.8, 4) is 11.5 Å². The summed E-state index contributed by atoms with van der Waals surface area (Å²) >= 11 is 0. The number of nitrogens with one attached hydrogen (secondary N) is 1. The summed E-state index contributed by atoms with van der Waals surface area (Å²) in [7, 11) is 0. The first kappa shape index (κ1) is 12.5. The SMILES string of the molecule is CCC(=O)Nc1nnc([C@H]2COc3ccccc3O2)o1. The molecule has 1 aliphatic rings. The summed E-state index contributed by atoms with van der Waals surface area (Å²) in [4.78, 5) is 11.2. The van der Waals surface area contributed by atoms with Crippen LogP contribution in [0, 0.1) is 0 Å². The number of amides is 1. The molecule has 0 radical (unpaired) electrons. The van der Waals surface area contributed by atoms with E-state index >= 15 is 0 Å². The van der Waals surface area contributed by atoms with Gasteiger partial charge in [0.05, 0.1) is 0 Å². The molecule has 0 fully saturated rings. The second-order valence-corrected chi connectivity index (χ2v) is 4.21. The largest absolute Gasteiger partial charge is 0.485 e. The average molecular weight is 275 g/mol. The lowest BCUT2D eigenvalue weighted by molar-refractivity contribution is -0.116. The highest BCUT2D eigenvalue weighted by molar-refractivity contribution is 5.88. The number of aromatic nitrogens is 2. The molecule has 1 aliphatic heterocycles. The molecule has 1 amide bonds. The van der Waals surface area contributed by atoms with Crippen molar-refractivity contribution in [3.63, 3.8) is 0 Å². The van der Waals surface area contributed by atoms with Crippen LogP contribution in [0.5, 0.6) is 11.5 Å². The number of carbonyl (C=O) groups excluding carboxylic acids is 1. The van der Waals surface area contributed by atoms with E-state index in [-0.39, 0.29) is 24.4 Å². The van der Waals surface area contributed by atoms with Crippen LogP contribution in [0.4, 0.5) is 6.01 Å². The summed E-state index contributed by atoms with van der Waals surface area (Å²) in [5.41, 5.74) is 0. The van der Waals surface area contributed by atoms with E-state index in [1.54, 1.807) is 13.0 Å². The van der Waals surface area contributed by atoms with Crippen LogP contribution in [0.15, 0.2) is 28.7 Å². The minimum absolute atomic E-state index is 0.0642. The molecular formula is C13H13N3O4. The first-order valence-electron chi connectivity index (χ1n) is 6.28. The zero-order chi connectivity index (χ0) is 13.9. The molecule has 1 N–H and O–H groups in total. The van der Waals surface area contributed by atoms with Gasteiger partial charge in [-0.1, -0.05) is 24.2 Å². The lowest BCUT2D eigenvalue weighted by Gasteiger charge is -2.23. The summed E-state index contributed by atoms with van der Waals surface area (Å²) in [5.74, 6) is 1.39. The molecular weight excluding hydrogens is 262 g/mol. The number of ether oxygens (including phenoxy) is 2. The van der Waals surface area contributed by atoms with Crippen LogP contribution >= 0.6 is 0 Å². The van der Waals surface area contributed by atoms with Gasteiger partial charge in [-0.3, -0.25) is 10.1 Å². The standard InChI is InChI=1S/C13H13N3O4/c1-2-11(17)14-13-16-15-12(20-13)10-7-18-8-5-3-4-6-9(8)19-10/h3-6,10H,2,7H2,1H3,(H,14,16,17)/t10-/m1/s1. The van der Waals surface area contributed by atoms with Crippen LogP contribution in [0.1, 0.15) is 25.3 Å². The summed E-state index contributed by atoms with van der Waals surface area (Å²) in [6.45, 7) is 2.02. The molecule has 1 atom stereocenters. The highest BCUT2D eigenvalue weighted by Crippen LogP contribution is 2.35. The smallest absolute Gasteiger partial charge is 0.322 e. The third-order valence-electron chi connectivity index (χ3n) is 2.79. The topological polar surface area (TPSA) is 86.5 Å². The Morgan fingerprint density at radius 2 is 2.15 bits per heavy atom. The highest BCUT2D eigenvalue weighted by atomic mass is 16.6. The number of fused-ring (bicyclic) bond motifs is 1. The fourth-order valence-electron chi connectivity index (χ4n) is 1.76. The molecule has 2 aromatic rings. The second kappa shape index (κ2) is 5.20. The number of para-hydroxylation sites is 2. The molecule has 20 heavy (non-hydrogen) atoms. The maximum absolute atomic E-state index is 11.2. The zero-order valence-electron chi connectivity index (χ0n) is 10.8. The lowest BCUT2D eigenvalue weighted by Crippen LogP contribution is -2.21. The second-order valence-electron chi connectivity index (χ2n) is 4.21. The number of hydrogen-bond acceptors (Lipinski definition) is 6. The molecule has 0 saturated carbocycles. The lowest BCUT2D eigenvalue weighted by atomic mass is 10.2. The van der Waals surface area contributed by atoms with Crippen LogP contribution in [0.25, 0.3) is 0 Å². The van der Waals surface area contributed by atoms with Crippen molar-refractivity contribution >= 4 is 11.9 Å². The summed E-state index contributed by atoms with van der Waals surface area (Å²) < 4.78 is 16.6. The quantitative estimate of drug-likeness (QED) is 0.921. The third-order valence-corrected chi connectivity index (χ3v) is 2.79. The Hall–Kier alpha value is -2.57. The Labute approximate surface area is 114 Å². The van der Waals surface area contributed by atoms with E-state index in [9.17, 15) is 4.79 Å². The Morgan fingerprint density at radius 3 is 2.95 bits per heavy atom. The summed E-state index contributed by atoms with van der Waals surface area (Å²) in [6, 6.07) is 7.41. The molecule has 3 rings (SSSR count). The van der Waals surface area contributed by atoms with Gasteiger partial charge in [-0.15, -0.1) is 5.10 Å². The number of benzene rings is 1. The maximum Gasteiger partial charge on any atom is 0.322 e. The fourth-order valence-corrected chi connectivity index (χ4v) is 1.76. The van der Waals surface area contributed by atoms with Crippen molar-refractivity contribution in [1.29, 1.82) is 0 Å². The van der Waals surface area contributed by atoms with E-state index in [1.165, 1.54) is 0 Å². The number of hydrogen-bond donors (Lipinski definition) is 1. The van der Waals surface area contributed by atoms with Crippen molar-refractivity contribution in [2.24, 2.45) is 0 Å². The minimum Gasteiger partial charge on any atom is -0.485 e. The number of rotatable bonds is 3. The molecule has 1 aromatic heterocycles. The minimum atomic E-state index is -0.482. The van der Waals surface area contributed by atoms with Crippen LogP contribution in [-0.4, -0.2) is 22.7 Å². The highest BCUT2D eigenvalue weighted by Gasteiger charge is 2.27. The Bertz CT molecular complexity index is 626. The van der Waals surface area contributed by atoms with Gasteiger partial charge in [0.15, 0.2) is 11.5 Å². The van der Waals surface area contributed by atoms with E-state index in [0.29, 0.717) is 17.9 Å². The van der Waals surface area contributed by atoms with Crippen molar-refractivity contribution in [2.45, 2.75) is 19.4 Å². The maximum atomic E-state index is 11.2. The predicted octanol–water partition coefficient (Wildman–Crippen LogP) is 1.93. The van der Waals surface area contributed by atoms with E-state index in [4.69, 9.17) is 13.9 Å². The predicted molar refractivity (Wildman–Crippen MR) is 68.5 cm³/mol. The number of nitrogens with zero attached hydrogens (tertiary/aromatic N) is 2. The molecule has 0 unspecified atom stereocenters. The van der Waals surface area contributed by atoms with E-state index in [2.05, 4.69) is 15.5 Å². The normalized spacial score (nSPS) is 16.8. The Balaban J connectivity index is 1.73. The first-order chi connectivity index (χ1) is 9.76. The molecule has 0 bridgehead atoms. The van der Waals surface area contributed by atoms with E-state index in [1.807, 2.05) is 18.2 Å². The monoisotopic (exact) mass is 275 g/mol. The molecule has 0 aliphatic carbocycles. The summed E-state index contributed by atoms with van der Waals surface area (Å²) in [5, 5.41) is 10.1. The van der Waals surface area contributed by atoms with Crippen LogP contribution < -0.4 is 14.8 Å². The summed E-state index contributed by atoms with van der Waals surface area (Å²) in [6.07, 6.45) is -0.140. The van der Waals surface area contributed by atoms with Gasteiger partial charge >= 0.3 is 6.01 Å². The van der Waals surface area contributed by atoms with Gasteiger partial charge in [-0.25, -0.2) is 0 Å². The van der Waals surface area contributed by atoms with Gasteiger partial charge in [0, 0.05) is 6.42 Å². The van der Waals surface area contributed by atoms with Gasteiger partial charge < -0.3 is 13.9 Å². The molecule has 2 heterocycles. The molecule has 0 saturated heterocycles. The van der Waals surface area contributed by atoms with Gasteiger partial charge in [0.2, 0.25) is 12.0 Å².